The number of ether oxygens (including phenoxy) is 1. The Bertz CT molecular complexity index is 976. The van der Waals surface area contributed by atoms with E-state index in [9.17, 15) is 0 Å². The fourth-order valence-corrected chi connectivity index (χ4v) is 3.22. The lowest BCUT2D eigenvalue weighted by molar-refractivity contribution is 0.140. The molecular weight excluding hydrogens is 298 g/mol. The number of aromatic nitrogens is 3. The highest BCUT2D eigenvalue weighted by molar-refractivity contribution is 6.11. The van der Waals surface area contributed by atoms with Gasteiger partial charge in [-0.3, -0.25) is 9.97 Å². The van der Waals surface area contributed by atoms with Crippen LogP contribution in [0.5, 0.6) is 0 Å². The van der Waals surface area contributed by atoms with Gasteiger partial charge in [0.15, 0.2) is 0 Å². The Morgan fingerprint density at radius 1 is 0.917 bits per heavy atom. The van der Waals surface area contributed by atoms with E-state index in [0.717, 1.165) is 30.1 Å². The monoisotopic (exact) mass is 317 g/mol. The van der Waals surface area contributed by atoms with Gasteiger partial charge in [0.25, 0.3) is 0 Å². The second kappa shape index (κ2) is 6.42. The molecule has 1 aromatic carbocycles. The maximum atomic E-state index is 5.59. The Balaban J connectivity index is 2.01. The maximum Gasteiger partial charge on any atom is 0.113 e. The number of nitrogens with zero attached hydrogens (tertiary/aromatic N) is 3. The van der Waals surface area contributed by atoms with Gasteiger partial charge >= 0.3 is 0 Å². The van der Waals surface area contributed by atoms with Gasteiger partial charge in [-0.1, -0.05) is 24.3 Å². The van der Waals surface area contributed by atoms with Gasteiger partial charge in [-0.15, -0.1) is 0 Å². The number of para-hydroxylation sites is 1. The van der Waals surface area contributed by atoms with Crippen molar-refractivity contribution in [2.75, 3.05) is 13.2 Å². The van der Waals surface area contributed by atoms with E-state index >= 15 is 0 Å². The average Bonchev–Trinajstić information content (AvgIpc) is 2.97. The second-order valence-electron chi connectivity index (χ2n) is 5.64. The lowest BCUT2D eigenvalue weighted by Crippen LogP contribution is -2.06. The smallest absolute Gasteiger partial charge is 0.113 e. The summed E-state index contributed by atoms with van der Waals surface area (Å²) in [4.78, 5) is 9.14. The molecule has 120 valence electrons. The van der Waals surface area contributed by atoms with E-state index in [4.69, 9.17) is 4.74 Å². The molecule has 0 bridgehead atoms. The Hall–Kier alpha value is -2.72. The maximum absolute atomic E-state index is 5.59. The molecule has 0 fully saturated rings. The molecule has 3 aromatic heterocycles. The van der Waals surface area contributed by atoms with E-state index < -0.39 is 0 Å². The molecule has 4 aromatic rings. The first-order chi connectivity index (χ1) is 11.9. The lowest BCUT2D eigenvalue weighted by atomic mass is 10.1. The van der Waals surface area contributed by atoms with E-state index in [2.05, 4.69) is 44.9 Å². The molecule has 3 heterocycles. The zero-order valence-corrected chi connectivity index (χ0v) is 13.6. The SMILES string of the molecule is CCOCCn1c2ccccc2c2ccnc(-c3ccccn3)c21. The van der Waals surface area contributed by atoms with E-state index in [1.54, 1.807) is 0 Å². The molecule has 0 aliphatic heterocycles. The molecule has 4 nitrogen and oxygen atoms in total. The fourth-order valence-electron chi connectivity index (χ4n) is 3.22. The molecule has 0 radical (unpaired) electrons. The zero-order valence-electron chi connectivity index (χ0n) is 13.6. The minimum atomic E-state index is 0.681. The lowest BCUT2D eigenvalue weighted by Gasteiger charge is -2.10. The van der Waals surface area contributed by atoms with Crippen LogP contribution in [0.2, 0.25) is 0 Å². The highest BCUT2D eigenvalue weighted by Gasteiger charge is 2.16. The summed E-state index contributed by atoms with van der Waals surface area (Å²) >= 11 is 0. The van der Waals surface area contributed by atoms with E-state index in [-0.39, 0.29) is 0 Å². The Morgan fingerprint density at radius 3 is 2.62 bits per heavy atom. The molecule has 0 spiro atoms. The van der Waals surface area contributed by atoms with Gasteiger partial charge in [0, 0.05) is 41.8 Å². The Morgan fingerprint density at radius 2 is 1.79 bits per heavy atom. The third kappa shape index (κ3) is 2.45. The first-order valence-electron chi connectivity index (χ1n) is 8.25. The number of rotatable bonds is 5. The standard InChI is InChI=1S/C20H19N3O/c1-2-24-14-13-23-18-9-4-3-7-15(18)16-10-12-22-19(20(16)23)17-8-5-6-11-21-17/h3-12H,2,13-14H2,1H3. The number of pyridine rings is 2. The Kier molecular flexibility index (Phi) is 3.97. The van der Waals surface area contributed by atoms with Crippen LogP contribution in [0.1, 0.15) is 6.92 Å². The van der Waals surface area contributed by atoms with Gasteiger partial charge in [-0.2, -0.15) is 0 Å². The van der Waals surface area contributed by atoms with Gasteiger partial charge in [-0.05, 0) is 31.2 Å². The van der Waals surface area contributed by atoms with Gasteiger partial charge in [0.2, 0.25) is 0 Å². The van der Waals surface area contributed by atoms with Crippen LogP contribution in [-0.2, 0) is 11.3 Å². The average molecular weight is 317 g/mol. The van der Waals surface area contributed by atoms with Gasteiger partial charge in [-0.25, -0.2) is 0 Å². The first kappa shape index (κ1) is 14.8. The molecule has 4 rings (SSSR count). The summed E-state index contributed by atoms with van der Waals surface area (Å²) in [5.41, 5.74) is 4.14. The van der Waals surface area contributed by atoms with Crippen LogP contribution in [0, 0.1) is 0 Å². The zero-order chi connectivity index (χ0) is 16.4. The van der Waals surface area contributed by atoms with Crippen LogP contribution < -0.4 is 0 Å². The van der Waals surface area contributed by atoms with Crippen LogP contribution >= 0.6 is 0 Å². The minimum absolute atomic E-state index is 0.681. The third-order valence-electron chi connectivity index (χ3n) is 4.25. The molecule has 0 unspecified atom stereocenters. The van der Waals surface area contributed by atoms with Gasteiger partial charge in [0.1, 0.15) is 5.69 Å². The highest BCUT2D eigenvalue weighted by Crippen LogP contribution is 2.33. The summed E-state index contributed by atoms with van der Waals surface area (Å²) in [7, 11) is 0. The van der Waals surface area contributed by atoms with Crippen molar-refractivity contribution in [2.24, 2.45) is 0 Å². The minimum Gasteiger partial charge on any atom is -0.380 e. The van der Waals surface area contributed by atoms with Crippen molar-refractivity contribution < 1.29 is 4.74 Å². The predicted molar refractivity (Wildman–Crippen MR) is 97.0 cm³/mol. The van der Waals surface area contributed by atoms with Crippen LogP contribution in [0.25, 0.3) is 33.2 Å². The van der Waals surface area contributed by atoms with E-state index in [1.165, 1.54) is 16.3 Å². The summed E-state index contributed by atoms with van der Waals surface area (Å²) in [5, 5.41) is 2.45. The third-order valence-corrected chi connectivity index (χ3v) is 4.25. The number of hydrogen-bond donors (Lipinski definition) is 0. The molecule has 0 amide bonds. The molecule has 0 saturated heterocycles. The van der Waals surface area contributed by atoms with Crippen molar-refractivity contribution in [3.63, 3.8) is 0 Å². The summed E-state index contributed by atoms with van der Waals surface area (Å²) in [6.07, 6.45) is 3.68. The quantitative estimate of drug-likeness (QED) is 0.516. The molecule has 0 saturated carbocycles. The van der Waals surface area contributed by atoms with Crippen molar-refractivity contribution in [1.82, 2.24) is 14.5 Å². The summed E-state index contributed by atoms with van der Waals surface area (Å²) in [6, 6.07) is 16.5. The largest absolute Gasteiger partial charge is 0.380 e. The molecule has 0 N–H and O–H groups in total. The second-order valence-corrected chi connectivity index (χ2v) is 5.64. The molecular formula is C20H19N3O. The summed E-state index contributed by atoms with van der Waals surface area (Å²) < 4.78 is 7.90. The van der Waals surface area contributed by atoms with Crippen molar-refractivity contribution in [3.05, 3.63) is 60.9 Å². The van der Waals surface area contributed by atoms with Crippen LogP contribution in [0.15, 0.2) is 60.9 Å². The van der Waals surface area contributed by atoms with Crippen molar-refractivity contribution in [2.45, 2.75) is 13.5 Å². The fraction of sp³-hybridized carbons (Fsp3) is 0.200. The normalized spacial score (nSPS) is 11.4. The molecule has 4 heteroatoms. The van der Waals surface area contributed by atoms with Crippen molar-refractivity contribution in [3.8, 4) is 11.4 Å². The predicted octanol–water partition coefficient (Wildman–Crippen LogP) is 4.29. The molecule has 0 aliphatic carbocycles. The van der Waals surface area contributed by atoms with Crippen LogP contribution in [0.3, 0.4) is 0 Å². The van der Waals surface area contributed by atoms with E-state index in [1.807, 2.05) is 37.5 Å². The van der Waals surface area contributed by atoms with Crippen molar-refractivity contribution in [1.29, 1.82) is 0 Å². The summed E-state index contributed by atoms with van der Waals surface area (Å²) in [6.45, 7) is 4.22. The molecule has 0 aliphatic rings. The van der Waals surface area contributed by atoms with Gasteiger partial charge in [0.05, 0.1) is 17.8 Å². The Labute approximate surface area is 140 Å². The van der Waals surface area contributed by atoms with Crippen molar-refractivity contribution >= 4 is 21.8 Å². The first-order valence-corrected chi connectivity index (χ1v) is 8.25. The molecule has 0 atom stereocenters. The topological polar surface area (TPSA) is 39.9 Å². The van der Waals surface area contributed by atoms with Crippen LogP contribution in [-0.4, -0.2) is 27.7 Å². The number of hydrogen-bond acceptors (Lipinski definition) is 3. The summed E-state index contributed by atoms with van der Waals surface area (Å²) in [5.74, 6) is 0. The number of fused-ring (bicyclic) bond motifs is 3. The highest BCUT2D eigenvalue weighted by atomic mass is 16.5. The molecule has 24 heavy (non-hydrogen) atoms. The number of benzene rings is 1. The van der Waals surface area contributed by atoms with Crippen LogP contribution in [0.4, 0.5) is 0 Å². The van der Waals surface area contributed by atoms with E-state index in [0.29, 0.717) is 6.61 Å². The van der Waals surface area contributed by atoms with Gasteiger partial charge < -0.3 is 9.30 Å².